The molecule has 0 aliphatic carbocycles. The van der Waals surface area contributed by atoms with E-state index in [1.165, 1.54) is 0 Å². The smallest absolute Gasteiger partial charge is 0.266 e. The molecule has 2 rings (SSSR count). The lowest BCUT2D eigenvalue weighted by molar-refractivity contribution is -0.112. The molecule has 0 fully saturated rings. The molecule has 0 aliphatic rings. The number of amides is 1. The fraction of sp³-hybridized carbons (Fsp3) is 0.125. The topological polar surface area (TPSA) is 67.0 Å². The van der Waals surface area contributed by atoms with Crippen LogP contribution in [0.15, 0.2) is 48.2 Å². The number of aryl methyl sites for hydroxylation is 1. The Morgan fingerprint density at radius 2 is 2.05 bits per heavy atom. The van der Waals surface area contributed by atoms with E-state index in [1.807, 2.05) is 36.0 Å². The zero-order valence-electron chi connectivity index (χ0n) is 11.8. The minimum absolute atomic E-state index is 0.0487. The van der Waals surface area contributed by atoms with Gasteiger partial charge in [-0.05, 0) is 42.5 Å². The summed E-state index contributed by atoms with van der Waals surface area (Å²) in [5, 5.41) is 11.8. The first-order valence-electron chi connectivity index (χ1n) is 6.32. The van der Waals surface area contributed by atoms with E-state index in [2.05, 4.69) is 5.32 Å². The summed E-state index contributed by atoms with van der Waals surface area (Å²) in [6.45, 7) is 0. The van der Waals surface area contributed by atoms with Crippen LogP contribution in [0, 0.1) is 11.3 Å². The lowest BCUT2D eigenvalue weighted by atomic mass is 10.2. The van der Waals surface area contributed by atoms with Crippen molar-refractivity contribution in [2.45, 2.75) is 0 Å². The lowest BCUT2D eigenvalue weighted by Gasteiger charge is -2.05. The zero-order valence-corrected chi connectivity index (χ0v) is 11.8. The van der Waals surface area contributed by atoms with Crippen molar-refractivity contribution in [3.8, 4) is 11.8 Å². The Balaban J connectivity index is 2.15. The number of hydrogen-bond donors (Lipinski definition) is 1. The highest BCUT2D eigenvalue weighted by Crippen LogP contribution is 2.16. The Labute approximate surface area is 123 Å². The van der Waals surface area contributed by atoms with Crippen molar-refractivity contribution >= 4 is 17.7 Å². The second-order valence-corrected chi connectivity index (χ2v) is 4.40. The van der Waals surface area contributed by atoms with Crippen molar-refractivity contribution in [2.75, 3.05) is 12.4 Å². The number of benzene rings is 1. The number of nitrogens with one attached hydrogen (secondary N) is 1. The first-order chi connectivity index (χ1) is 10.1. The van der Waals surface area contributed by atoms with Crippen molar-refractivity contribution in [3.05, 3.63) is 53.9 Å². The molecule has 1 amide bonds. The maximum atomic E-state index is 12.1. The number of carbonyl (C=O) groups is 1. The maximum Gasteiger partial charge on any atom is 0.266 e. The first-order valence-corrected chi connectivity index (χ1v) is 6.32. The molecule has 0 saturated heterocycles. The van der Waals surface area contributed by atoms with Crippen LogP contribution in [0.25, 0.3) is 6.08 Å². The van der Waals surface area contributed by atoms with Crippen LogP contribution < -0.4 is 10.1 Å². The molecule has 0 bridgehead atoms. The Hall–Kier alpha value is -3.00. The summed E-state index contributed by atoms with van der Waals surface area (Å²) in [5.74, 6) is 0.261. The third-order valence-electron chi connectivity index (χ3n) is 2.99. The van der Waals surface area contributed by atoms with E-state index in [9.17, 15) is 4.79 Å². The fourth-order valence-corrected chi connectivity index (χ4v) is 1.79. The minimum atomic E-state index is -0.441. The van der Waals surface area contributed by atoms with Gasteiger partial charge in [0.05, 0.1) is 7.11 Å². The third-order valence-corrected chi connectivity index (χ3v) is 2.99. The van der Waals surface area contributed by atoms with Crippen LogP contribution in [0.4, 0.5) is 5.69 Å². The molecule has 0 saturated carbocycles. The molecule has 1 aromatic carbocycles. The standard InChI is InChI=1S/C16H15N3O2/c1-19-9-3-4-14(19)10-12(11-17)16(20)18-13-5-7-15(21-2)8-6-13/h3-10H,1-2H3,(H,18,20)/b12-10+. The number of nitrogens with zero attached hydrogens (tertiary/aromatic N) is 2. The van der Waals surface area contributed by atoms with Crippen LogP contribution in [-0.2, 0) is 11.8 Å². The van der Waals surface area contributed by atoms with Crippen molar-refractivity contribution < 1.29 is 9.53 Å². The van der Waals surface area contributed by atoms with E-state index in [1.54, 1.807) is 37.5 Å². The van der Waals surface area contributed by atoms with E-state index in [0.29, 0.717) is 11.4 Å². The van der Waals surface area contributed by atoms with Crippen molar-refractivity contribution in [3.63, 3.8) is 0 Å². The highest BCUT2D eigenvalue weighted by molar-refractivity contribution is 6.09. The van der Waals surface area contributed by atoms with Crippen LogP contribution in [0.5, 0.6) is 5.75 Å². The third kappa shape index (κ3) is 3.51. The number of rotatable bonds is 4. The van der Waals surface area contributed by atoms with Crippen LogP contribution in [0.1, 0.15) is 5.69 Å². The highest BCUT2D eigenvalue weighted by atomic mass is 16.5. The van der Waals surface area contributed by atoms with E-state index >= 15 is 0 Å². The SMILES string of the molecule is COc1ccc(NC(=O)/C(C#N)=C/c2cccn2C)cc1. The van der Waals surface area contributed by atoms with Gasteiger partial charge in [-0.2, -0.15) is 5.26 Å². The molecule has 1 heterocycles. The van der Waals surface area contributed by atoms with Crippen molar-refractivity contribution in [1.82, 2.24) is 4.57 Å². The Kier molecular flexibility index (Phi) is 4.42. The van der Waals surface area contributed by atoms with Gasteiger partial charge in [0.25, 0.3) is 5.91 Å². The summed E-state index contributed by atoms with van der Waals surface area (Å²) in [4.78, 5) is 12.1. The summed E-state index contributed by atoms with van der Waals surface area (Å²) in [6, 6.07) is 12.5. The second-order valence-electron chi connectivity index (χ2n) is 4.40. The van der Waals surface area contributed by atoms with Gasteiger partial charge in [-0.1, -0.05) is 0 Å². The van der Waals surface area contributed by atoms with Crippen LogP contribution in [-0.4, -0.2) is 17.6 Å². The van der Waals surface area contributed by atoms with Crippen LogP contribution in [0.3, 0.4) is 0 Å². The van der Waals surface area contributed by atoms with E-state index in [-0.39, 0.29) is 5.57 Å². The molecule has 21 heavy (non-hydrogen) atoms. The molecule has 5 heteroatoms. The number of carbonyl (C=O) groups excluding carboxylic acids is 1. The second kappa shape index (κ2) is 6.44. The van der Waals surface area contributed by atoms with Gasteiger partial charge in [-0.15, -0.1) is 0 Å². The van der Waals surface area contributed by atoms with Crippen molar-refractivity contribution in [1.29, 1.82) is 5.26 Å². The van der Waals surface area contributed by atoms with Crippen molar-refractivity contribution in [2.24, 2.45) is 7.05 Å². The minimum Gasteiger partial charge on any atom is -0.497 e. The summed E-state index contributed by atoms with van der Waals surface area (Å²) in [6.07, 6.45) is 3.40. The summed E-state index contributed by atoms with van der Waals surface area (Å²) >= 11 is 0. The molecule has 5 nitrogen and oxygen atoms in total. The zero-order chi connectivity index (χ0) is 15.2. The molecule has 1 aromatic heterocycles. The van der Waals surface area contributed by atoms with Gasteiger partial charge >= 0.3 is 0 Å². The Morgan fingerprint density at radius 3 is 2.57 bits per heavy atom. The quantitative estimate of drug-likeness (QED) is 0.692. The van der Waals surface area contributed by atoms with E-state index in [0.717, 1.165) is 5.69 Å². The molecule has 2 aromatic rings. The molecule has 0 spiro atoms. The number of hydrogen-bond acceptors (Lipinski definition) is 3. The molecular formula is C16H15N3O2. The van der Waals surface area contributed by atoms with Crippen LogP contribution in [0.2, 0.25) is 0 Å². The predicted octanol–water partition coefficient (Wildman–Crippen LogP) is 2.58. The number of aromatic nitrogens is 1. The summed E-state index contributed by atoms with van der Waals surface area (Å²) in [5.41, 5.74) is 1.44. The van der Waals surface area contributed by atoms with Gasteiger partial charge in [0, 0.05) is 24.6 Å². The van der Waals surface area contributed by atoms with Gasteiger partial charge < -0.3 is 14.6 Å². The molecule has 0 radical (unpaired) electrons. The first kappa shape index (κ1) is 14.4. The molecule has 1 N–H and O–H groups in total. The van der Waals surface area contributed by atoms with E-state index in [4.69, 9.17) is 10.00 Å². The van der Waals surface area contributed by atoms with Gasteiger partial charge in [0.2, 0.25) is 0 Å². The molecule has 106 valence electrons. The van der Waals surface area contributed by atoms with Gasteiger partial charge in [-0.3, -0.25) is 4.79 Å². The largest absolute Gasteiger partial charge is 0.497 e. The molecule has 0 atom stereocenters. The van der Waals surface area contributed by atoms with E-state index < -0.39 is 5.91 Å². The summed E-state index contributed by atoms with van der Waals surface area (Å²) < 4.78 is 6.88. The summed E-state index contributed by atoms with van der Waals surface area (Å²) in [7, 11) is 3.42. The molecule has 0 unspecified atom stereocenters. The Morgan fingerprint density at radius 1 is 1.33 bits per heavy atom. The molecule has 0 aliphatic heterocycles. The van der Waals surface area contributed by atoms with Gasteiger partial charge in [0.1, 0.15) is 17.4 Å². The van der Waals surface area contributed by atoms with Crippen LogP contribution >= 0.6 is 0 Å². The Bertz CT molecular complexity index is 706. The van der Waals surface area contributed by atoms with Gasteiger partial charge in [-0.25, -0.2) is 0 Å². The molecular weight excluding hydrogens is 266 g/mol. The van der Waals surface area contributed by atoms with Gasteiger partial charge in [0.15, 0.2) is 0 Å². The predicted molar refractivity (Wildman–Crippen MR) is 80.6 cm³/mol. The average molecular weight is 281 g/mol. The number of anilines is 1. The average Bonchev–Trinajstić information content (AvgIpc) is 2.90. The monoisotopic (exact) mass is 281 g/mol. The highest BCUT2D eigenvalue weighted by Gasteiger charge is 2.10. The lowest BCUT2D eigenvalue weighted by Crippen LogP contribution is -2.13. The number of methoxy groups -OCH3 is 1. The fourth-order valence-electron chi connectivity index (χ4n) is 1.79. The maximum absolute atomic E-state index is 12.1. The number of ether oxygens (including phenoxy) is 1. The normalized spacial score (nSPS) is 10.8. The number of nitriles is 1.